The molecule has 0 unspecified atom stereocenters. The zero-order chi connectivity index (χ0) is 17.2. The lowest BCUT2D eigenvalue weighted by molar-refractivity contribution is 0.0989. The number of rotatable bonds is 11. The van der Waals surface area contributed by atoms with Crippen LogP contribution in [0.1, 0.15) is 25.5 Å². The van der Waals surface area contributed by atoms with Gasteiger partial charge in [-0.2, -0.15) is 0 Å². The highest BCUT2D eigenvalue weighted by molar-refractivity contribution is 5.29. The van der Waals surface area contributed by atoms with Crippen molar-refractivity contribution in [2.75, 3.05) is 47.5 Å². The zero-order valence-corrected chi connectivity index (χ0v) is 15.1. The lowest BCUT2D eigenvalue weighted by Crippen LogP contribution is -2.39. The quantitative estimate of drug-likeness (QED) is 0.651. The van der Waals surface area contributed by atoms with Crippen molar-refractivity contribution in [3.8, 4) is 5.75 Å². The number of benzene rings is 1. The molecule has 0 heterocycles. The van der Waals surface area contributed by atoms with Crippen LogP contribution in [0.15, 0.2) is 24.3 Å². The van der Waals surface area contributed by atoms with Gasteiger partial charge < -0.3 is 24.8 Å². The van der Waals surface area contributed by atoms with E-state index in [4.69, 9.17) is 9.47 Å². The Balaban J connectivity index is 2.52. The number of methoxy groups -OCH3 is 2. The fraction of sp³-hybridized carbons (Fsp3) is 0.667. The summed E-state index contributed by atoms with van der Waals surface area (Å²) in [6, 6.07) is 8.31. The Morgan fingerprint density at radius 1 is 1.17 bits per heavy atom. The van der Waals surface area contributed by atoms with E-state index in [1.807, 2.05) is 19.2 Å². The Labute approximate surface area is 140 Å². The van der Waals surface area contributed by atoms with Crippen LogP contribution in [0.5, 0.6) is 5.75 Å². The standard InChI is InChI=1S/C18H32N2O3/c1-14(2)18(15-6-8-17(23-5)9-7-15)19-12-16(21)13-20(3)10-11-22-4/h6-9,14,16,18-19,21H,10-13H2,1-5H3/t16-,18+/m0/s1. The average molecular weight is 324 g/mol. The summed E-state index contributed by atoms with van der Waals surface area (Å²) in [4.78, 5) is 2.08. The Hall–Kier alpha value is -1.14. The molecule has 132 valence electrons. The monoisotopic (exact) mass is 324 g/mol. The molecule has 2 N–H and O–H groups in total. The first kappa shape index (κ1) is 19.9. The second kappa shape index (κ2) is 10.6. The van der Waals surface area contributed by atoms with Gasteiger partial charge in [0.25, 0.3) is 0 Å². The van der Waals surface area contributed by atoms with Gasteiger partial charge in [-0.1, -0.05) is 26.0 Å². The molecule has 0 radical (unpaired) electrons. The summed E-state index contributed by atoms with van der Waals surface area (Å²) in [7, 11) is 5.35. The highest BCUT2D eigenvalue weighted by Gasteiger charge is 2.17. The van der Waals surface area contributed by atoms with Crippen LogP contribution in [0.3, 0.4) is 0 Å². The van der Waals surface area contributed by atoms with Gasteiger partial charge in [-0.25, -0.2) is 0 Å². The summed E-state index contributed by atoms with van der Waals surface area (Å²) in [5, 5.41) is 13.7. The highest BCUT2D eigenvalue weighted by Crippen LogP contribution is 2.23. The molecule has 1 rings (SSSR count). The average Bonchev–Trinajstić information content (AvgIpc) is 2.53. The number of nitrogens with zero attached hydrogens (tertiary/aromatic N) is 1. The first-order chi connectivity index (χ1) is 11.0. The van der Waals surface area contributed by atoms with Crippen molar-refractivity contribution in [3.05, 3.63) is 29.8 Å². The van der Waals surface area contributed by atoms with Crippen LogP contribution in [0.2, 0.25) is 0 Å². The minimum absolute atomic E-state index is 0.208. The van der Waals surface area contributed by atoms with E-state index >= 15 is 0 Å². The SMILES string of the molecule is COCCN(C)C[C@@H](O)CN[C@@H](c1ccc(OC)cc1)C(C)C. The van der Waals surface area contributed by atoms with Crippen LogP contribution in [-0.2, 0) is 4.74 Å². The molecular formula is C18H32N2O3. The summed E-state index contributed by atoms with van der Waals surface area (Å²) in [5.41, 5.74) is 1.21. The Bertz CT molecular complexity index is 423. The van der Waals surface area contributed by atoms with Crippen molar-refractivity contribution in [1.82, 2.24) is 10.2 Å². The van der Waals surface area contributed by atoms with E-state index in [-0.39, 0.29) is 6.04 Å². The molecule has 0 aliphatic rings. The second-order valence-electron chi connectivity index (χ2n) is 6.31. The maximum atomic E-state index is 10.2. The molecule has 0 aromatic heterocycles. The van der Waals surface area contributed by atoms with E-state index in [0.717, 1.165) is 12.3 Å². The fourth-order valence-electron chi connectivity index (χ4n) is 2.58. The summed E-state index contributed by atoms with van der Waals surface area (Å²) >= 11 is 0. The van der Waals surface area contributed by atoms with Gasteiger partial charge >= 0.3 is 0 Å². The first-order valence-electron chi connectivity index (χ1n) is 8.20. The minimum Gasteiger partial charge on any atom is -0.497 e. The topological polar surface area (TPSA) is 54.0 Å². The molecular weight excluding hydrogens is 292 g/mol. The zero-order valence-electron chi connectivity index (χ0n) is 15.1. The van der Waals surface area contributed by atoms with Gasteiger partial charge in [-0.05, 0) is 30.7 Å². The fourth-order valence-corrected chi connectivity index (χ4v) is 2.58. The summed E-state index contributed by atoms with van der Waals surface area (Å²) in [5.74, 6) is 1.29. The van der Waals surface area contributed by atoms with E-state index in [0.29, 0.717) is 25.6 Å². The molecule has 1 aromatic carbocycles. The van der Waals surface area contributed by atoms with Crippen LogP contribution >= 0.6 is 0 Å². The van der Waals surface area contributed by atoms with Gasteiger partial charge in [0.1, 0.15) is 5.75 Å². The van der Waals surface area contributed by atoms with Crippen LogP contribution in [0.4, 0.5) is 0 Å². The third kappa shape index (κ3) is 7.31. The molecule has 0 amide bonds. The maximum Gasteiger partial charge on any atom is 0.118 e. The van der Waals surface area contributed by atoms with Crippen molar-refractivity contribution >= 4 is 0 Å². The van der Waals surface area contributed by atoms with Crippen LogP contribution in [0, 0.1) is 5.92 Å². The lowest BCUT2D eigenvalue weighted by Gasteiger charge is -2.26. The molecule has 1 aromatic rings. The molecule has 0 bridgehead atoms. The lowest BCUT2D eigenvalue weighted by atomic mass is 9.96. The minimum atomic E-state index is -0.406. The van der Waals surface area contributed by atoms with E-state index < -0.39 is 6.10 Å². The smallest absolute Gasteiger partial charge is 0.118 e. The maximum absolute atomic E-state index is 10.2. The Morgan fingerprint density at radius 2 is 1.83 bits per heavy atom. The third-order valence-corrected chi connectivity index (χ3v) is 3.91. The van der Waals surface area contributed by atoms with E-state index in [9.17, 15) is 5.11 Å². The van der Waals surface area contributed by atoms with Crippen molar-refractivity contribution in [3.63, 3.8) is 0 Å². The van der Waals surface area contributed by atoms with Gasteiger partial charge in [0.05, 0.1) is 19.8 Å². The number of hydrogen-bond donors (Lipinski definition) is 2. The largest absolute Gasteiger partial charge is 0.497 e. The molecule has 2 atom stereocenters. The van der Waals surface area contributed by atoms with Crippen LogP contribution in [-0.4, -0.2) is 63.6 Å². The summed E-state index contributed by atoms with van der Waals surface area (Å²) in [6.07, 6.45) is -0.406. The second-order valence-corrected chi connectivity index (χ2v) is 6.31. The molecule has 5 nitrogen and oxygen atoms in total. The highest BCUT2D eigenvalue weighted by atomic mass is 16.5. The van der Waals surface area contributed by atoms with Gasteiger partial charge in [0, 0.05) is 32.8 Å². The van der Waals surface area contributed by atoms with E-state index in [1.54, 1.807) is 14.2 Å². The number of aliphatic hydroxyl groups excluding tert-OH is 1. The van der Waals surface area contributed by atoms with E-state index in [2.05, 4.69) is 36.2 Å². The summed E-state index contributed by atoms with van der Waals surface area (Å²) in [6.45, 7) is 7.05. The molecule has 23 heavy (non-hydrogen) atoms. The predicted octanol–water partition coefficient (Wildman–Crippen LogP) is 1.92. The Morgan fingerprint density at radius 3 is 2.35 bits per heavy atom. The van der Waals surface area contributed by atoms with Crippen molar-refractivity contribution in [1.29, 1.82) is 0 Å². The van der Waals surface area contributed by atoms with Gasteiger partial charge in [0.15, 0.2) is 0 Å². The number of aliphatic hydroxyl groups is 1. The van der Waals surface area contributed by atoms with Crippen LogP contribution < -0.4 is 10.1 Å². The van der Waals surface area contributed by atoms with Gasteiger partial charge in [0.2, 0.25) is 0 Å². The molecule has 0 aliphatic carbocycles. The molecule has 0 spiro atoms. The molecule has 5 heteroatoms. The normalized spacial score (nSPS) is 14.3. The van der Waals surface area contributed by atoms with Crippen LogP contribution in [0.25, 0.3) is 0 Å². The van der Waals surface area contributed by atoms with Gasteiger partial charge in [-0.15, -0.1) is 0 Å². The van der Waals surface area contributed by atoms with E-state index in [1.165, 1.54) is 5.56 Å². The van der Waals surface area contributed by atoms with Gasteiger partial charge in [-0.3, -0.25) is 0 Å². The first-order valence-corrected chi connectivity index (χ1v) is 8.20. The van der Waals surface area contributed by atoms with Crippen molar-refractivity contribution in [2.24, 2.45) is 5.92 Å². The summed E-state index contributed by atoms with van der Waals surface area (Å²) < 4.78 is 10.3. The number of hydrogen-bond acceptors (Lipinski definition) is 5. The number of nitrogens with one attached hydrogen (secondary N) is 1. The van der Waals surface area contributed by atoms with Crippen molar-refractivity contribution in [2.45, 2.75) is 26.0 Å². The molecule has 0 aliphatic heterocycles. The number of ether oxygens (including phenoxy) is 2. The molecule has 0 saturated carbocycles. The number of likely N-dealkylation sites (N-methyl/N-ethyl adjacent to an activating group) is 1. The predicted molar refractivity (Wildman–Crippen MR) is 94.0 cm³/mol. The Kier molecular flexibility index (Phi) is 9.17. The molecule has 0 saturated heterocycles. The van der Waals surface area contributed by atoms with Crippen molar-refractivity contribution < 1.29 is 14.6 Å². The third-order valence-electron chi connectivity index (χ3n) is 3.91. The molecule has 0 fully saturated rings.